The van der Waals surface area contributed by atoms with Crippen LogP contribution in [-0.2, 0) is 0 Å². The predicted molar refractivity (Wildman–Crippen MR) is 61.4 cm³/mol. The zero-order valence-corrected chi connectivity index (χ0v) is 9.79. The van der Waals surface area contributed by atoms with Gasteiger partial charge < -0.3 is 5.11 Å². The molecule has 1 N–H and O–H groups in total. The molecule has 0 aromatic heterocycles. The van der Waals surface area contributed by atoms with Crippen LogP contribution in [0.4, 0.5) is 0 Å². The third kappa shape index (κ3) is 2.19. The number of rotatable bonds is 3. The molecule has 0 bridgehead atoms. The quantitative estimate of drug-likeness (QED) is 0.882. The van der Waals surface area contributed by atoms with Gasteiger partial charge in [0.05, 0.1) is 16.7 Å². The second-order valence-electron chi connectivity index (χ2n) is 3.52. The van der Waals surface area contributed by atoms with Crippen molar-refractivity contribution in [1.29, 1.82) is 0 Å². The molecule has 1 aliphatic carbocycles. The molecule has 0 amide bonds. The number of thioether (sulfide) groups is 1. The Morgan fingerprint density at radius 3 is 2.50 bits per heavy atom. The first-order valence-corrected chi connectivity index (χ1v) is 5.97. The van der Waals surface area contributed by atoms with Crippen LogP contribution in [0.2, 0.25) is 10.0 Å². The molecule has 0 aliphatic heterocycles. The highest BCUT2D eigenvalue weighted by atomic mass is 35.5. The fourth-order valence-corrected chi connectivity index (χ4v) is 2.77. The molecular formula is C10H10Cl2OS. The van der Waals surface area contributed by atoms with Crippen LogP contribution in [0, 0.1) is 0 Å². The highest BCUT2D eigenvalue weighted by Gasteiger charge is 2.43. The van der Waals surface area contributed by atoms with Crippen molar-refractivity contribution in [2.45, 2.75) is 22.5 Å². The molecule has 0 heterocycles. The molecule has 0 spiro atoms. The van der Waals surface area contributed by atoms with Crippen molar-refractivity contribution in [2.24, 2.45) is 0 Å². The Morgan fingerprint density at radius 2 is 2.00 bits per heavy atom. The van der Waals surface area contributed by atoms with Crippen LogP contribution in [0.3, 0.4) is 0 Å². The standard InChI is InChI=1S/C10H10Cl2OS/c11-8-2-1-7(5-9(8)12)14-10(6-13)3-4-10/h1-2,5,13H,3-4,6H2. The first-order valence-electron chi connectivity index (χ1n) is 4.40. The average molecular weight is 249 g/mol. The average Bonchev–Trinajstić information content (AvgIpc) is 2.93. The van der Waals surface area contributed by atoms with Crippen molar-refractivity contribution < 1.29 is 5.11 Å². The lowest BCUT2D eigenvalue weighted by Crippen LogP contribution is -2.07. The maximum absolute atomic E-state index is 9.16. The van der Waals surface area contributed by atoms with Crippen molar-refractivity contribution >= 4 is 35.0 Å². The molecule has 1 nitrogen and oxygen atoms in total. The fraction of sp³-hybridized carbons (Fsp3) is 0.400. The van der Waals surface area contributed by atoms with Crippen LogP contribution in [0.1, 0.15) is 12.8 Å². The molecule has 0 unspecified atom stereocenters. The number of benzene rings is 1. The van der Waals surface area contributed by atoms with Crippen LogP contribution in [0.15, 0.2) is 23.1 Å². The highest BCUT2D eigenvalue weighted by Crippen LogP contribution is 2.51. The van der Waals surface area contributed by atoms with Gasteiger partial charge in [0.1, 0.15) is 0 Å². The van der Waals surface area contributed by atoms with E-state index in [4.69, 9.17) is 28.3 Å². The summed E-state index contributed by atoms with van der Waals surface area (Å²) in [5, 5.41) is 10.3. The van der Waals surface area contributed by atoms with Crippen LogP contribution >= 0.6 is 35.0 Å². The van der Waals surface area contributed by atoms with E-state index in [1.807, 2.05) is 12.1 Å². The zero-order valence-electron chi connectivity index (χ0n) is 7.46. The lowest BCUT2D eigenvalue weighted by atomic mass is 10.4. The molecule has 14 heavy (non-hydrogen) atoms. The van der Waals surface area contributed by atoms with Gasteiger partial charge >= 0.3 is 0 Å². The van der Waals surface area contributed by atoms with Crippen molar-refractivity contribution in [3.8, 4) is 0 Å². The maximum Gasteiger partial charge on any atom is 0.0603 e. The number of hydrogen-bond donors (Lipinski definition) is 1. The molecule has 1 saturated carbocycles. The van der Waals surface area contributed by atoms with Crippen LogP contribution < -0.4 is 0 Å². The minimum Gasteiger partial charge on any atom is -0.395 e. The van der Waals surface area contributed by atoms with E-state index in [2.05, 4.69) is 0 Å². The van der Waals surface area contributed by atoms with Gasteiger partial charge in [0.25, 0.3) is 0 Å². The molecular weight excluding hydrogens is 239 g/mol. The van der Waals surface area contributed by atoms with E-state index in [1.54, 1.807) is 17.8 Å². The molecule has 4 heteroatoms. The summed E-state index contributed by atoms with van der Waals surface area (Å²) in [7, 11) is 0. The maximum atomic E-state index is 9.16. The first-order chi connectivity index (χ1) is 6.65. The summed E-state index contributed by atoms with van der Waals surface area (Å²) < 4.78 is 0.0527. The summed E-state index contributed by atoms with van der Waals surface area (Å²) in [5.41, 5.74) is 0. The lowest BCUT2D eigenvalue weighted by molar-refractivity contribution is 0.289. The Kier molecular flexibility index (Phi) is 2.98. The topological polar surface area (TPSA) is 20.2 Å². The molecule has 0 saturated heterocycles. The Balaban J connectivity index is 2.14. The number of halogens is 2. The first kappa shape index (κ1) is 10.6. The molecule has 76 valence electrons. The van der Waals surface area contributed by atoms with E-state index in [-0.39, 0.29) is 11.4 Å². The van der Waals surface area contributed by atoms with Gasteiger partial charge in [0.15, 0.2) is 0 Å². The van der Waals surface area contributed by atoms with E-state index in [0.717, 1.165) is 17.7 Å². The van der Waals surface area contributed by atoms with Crippen molar-refractivity contribution in [3.05, 3.63) is 28.2 Å². The minimum atomic E-state index is 0.0527. The Bertz CT molecular complexity index is 350. The van der Waals surface area contributed by atoms with Crippen molar-refractivity contribution in [3.63, 3.8) is 0 Å². The summed E-state index contributed by atoms with van der Waals surface area (Å²) in [6, 6.07) is 5.58. The number of aliphatic hydroxyl groups excluding tert-OH is 1. The SMILES string of the molecule is OCC1(Sc2ccc(Cl)c(Cl)c2)CC1. The molecule has 1 fully saturated rings. The molecule has 1 aromatic carbocycles. The highest BCUT2D eigenvalue weighted by molar-refractivity contribution is 8.01. The number of aliphatic hydroxyl groups is 1. The summed E-state index contributed by atoms with van der Waals surface area (Å²) in [6.07, 6.45) is 2.16. The monoisotopic (exact) mass is 248 g/mol. The smallest absolute Gasteiger partial charge is 0.0603 e. The van der Waals surface area contributed by atoms with E-state index < -0.39 is 0 Å². The van der Waals surface area contributed by atoms with Gasteiger partial charge in [-0.1, -0.05) is 23.2 Å². The third-order valence-corrected chi connectivity index (χ3v) is 4.52. The molecule has 0 radical (unpaired) electrons. The largest absolute Gasteiger partial charge is 0.395 e. The summed E-state index contributed by atoms with van der Waals surface area (Å²) in [5.74, 6) is 0. The zero-order chi connectivity index (χ0) is 10.2. The summed E-state index contributed by atoms with van der Waals surface area (Å²) >= 11 is 13.4. The lowest BCUT2D eigenvalue weighted by Gasteiger charge is -2.11. The molecule has 1 aliphatic rings. The Morgan fingerprint density at radius 1 is 1.29 bits per heavy atom. The fourth-order valence-electron chi connectivity index (χ4n) is 1.22. The second kappa shape index (κ2) is 3.93. The summed E-state index contributed by atoms with van der Waals surface area (Å²) in [6.45, 7) is 0.234. The normalized spacial score (nSPS) is 18.2. The molecule has 0 atom stereocenters. The minimum absolute atomic E-state index is 0.0527. The van der Waals surface area contributed by atoms with Gasteiger partial charge in [-0.2, -0.15) is 0 Å². The van der Waals surface area contributed by atoms with Crippen molar-refractivity contribution in [1.82, 2.24) is 0 Å². The predicted octanol–water partition coefficient (Wildman–Crippen LogP) is 3.61. The van der Waals surface area contributed by atoms with Gasteiger partial charge in [-0.05, 0) is 31.0 Å². The van der Waals surface area contributed by atoms with E-state index in [9.17, 15) is 0 Å². The second-order valence-corrected chi connectivity index (χ2v) is 5.88. The van der Waals surface area contributed by atoms with Gasteiger partial charge in [-0.25, -0.2) is 0 Å². The van der Waals surface area contributed by atoms with Gasteiger partial charge in [-0.3, -0.25) is 0 Å². The third-order valence-electron chi connectivity index (χ3n) is 2.32. The molecule has 2 rings (SSSR count). The Labute approximate surface area is 97.4 Å². The van der Waals surface area contributed by atoms with Gasteiger partial charge in [0.2, 0.25) is 0 Å². The molecule has 1 aromatic rings. The van der Waals surface area contributed by atoms with Crippen LogP contribution in [0.5, 0.6) is 0 Å². The van der Waals surface area contributed by atoms with Crippen LogP contribution in [0.25, 0.3) is 0 Å². The van der Waals surface area contributed by atoms with Gasteiger partial charge in [0, 0.05) is 9.64 Å². The van der Waals surface area contributed by atoms with Crippen molar-refractivity contribution in [2.75, 3.05) is 6.61 Å². The van der Waals surface area contributed by atoms with E-state index in [1.165, 1.54) is 0 Å². The summed E-state index contributed by atoms with van der Waals surface area (Å²) in [4.78, 5) is 1.07. The van der Waals surface area contributed by atoms with E-state index >= 15 is 0 Å². The Hall–Kier alpha value is 0.110. The van der Waals surface area contributed by atoms with E-state index in [0.29, 0.717) is 10.0 Å². The van der Waals surface area contributed by atoms with Gasteiger partial charge in [-0.15, -0.1) is 11.8 Å². The number of hydrogen-bond acceptors (Lipinski definition) is 2. The van der Waals surface area contributed by atoms with Crippen LogP contribution in [-0.4, -0.2) is 16.5 Å².